The topological polar surface area (TPSA) is 43.1 Å². The SMILES string of the molecule is CCCC1CC[C@H](C(N)=O)CC1C. The summed E-state index contributed by atoms with van der Waals surface area (Å²) in [5, 5.41) is 0. The molecule has 2 N–H and O–H groups in total. The number of carbonyl (C=O) groups excluding carboxylic acids is 1. The normalized spacial score (nSPS) is 34.5. The third kappa shape index (κ3) is 2.71. The Labute approximate surface area is 80.9 Å². The van der Waals surface area contributed by atoms with Crippen molar-refractivity contribution in [3.05, 3.63) is 0 Å². The van der Waals surface area contributed by atoms with Crippen LogP contribution in [-0.2, 0) is 4.79 Å². The van der Waals surface area contributed by atoms with Crippen LogP contribution in [0.15, 0.2) is 0 Å². The summed E-state index contributed by atoms with van der Waals surface area (Å²) in [4.78, 5) is 11.0. The number of primary amides is 1. The first kappa shape index (κ1) is 10.6. The van der Waals surface area contributed by atoms with Crippen LogP contribution in [0.3, 0.4) is 0 Å². The highest BCUT2D eigenvalue weighted by Gasteiger charge is 2.29. The average molecular weight is 183 g/mol. The first-order valence-electron chi connectivity index (χ1n) is 5.44. The molecule has 2 unspecified atom stereocenters. The van der Waals surface area contributed by atoms with Crippen LogP contribution in [0.4, 0.5) is 0 Å². The zero-order chi connectivity index (χ0) is 9.84. The predicted octanol–water partition coefficient (Wildman–Crippen LogP) is 2.32. The third-order valence-electron chi connectivity index (χ3n) is 3.41. The molecule has 0 saturated heterocycles. The van der Waals surface area contributed by atoms with E-state index in [2.05, 4.69) is 13.8 Å². The molecule has 0 aliphatic heterocycles. The minimum Gasteiger partial charge on any atom is -0.369 e. The Morgan fingerprint density at radius 1 is 1.46 bits per heavy atom. The van der Waals surface area contributed by atoms with Crippen molar-refractivity contribution in [2.75, 3.05) is 0 Å². The first-order valence-corrected chi connectivity index (χ1v) is 5.44. The van der Waals surface area contributed by atoms with Gasteiger partial charge in [0.05, 0.1) is 0 Å². The van der Waals surface area contributed by atoms with Gasteiger partial charge in [0.15, 0.2) is 0 Å². The van der Waals surface area contributed by atoms with E-state index < -0.39 is 0 Å². The van der Waals surface area contributed by atoms with Gasteiger partial charge in [-0.2, -0.15) is 0 Å². The van der Waals surface area contributed by atoms with E-state index in [-0.39, 0.29) is 11.8 Å². The summed E-state index contributed by atoms with van der Waals surface area (Å²) in [7, 11) is 0. The highest BCUT2D eigenvalue weighted by atomic mass is 16.1. The molecule has 1 fully saturated rings. The van der Waals surface area contributed by atoms with Crippen LogP contribution in [0, 0.1) is 17.8 Å². The van der Waals surface area contributed by atoms with Crippen molar-refractivity contribution in [1.29, 1.82) is 0 Å². The number of hydrogen-bond acceptors (Lipinski definition) is 1. The highest BCUT2D eigenvalue weighted by Crippen LogP contribution is 2.35. The Kier molecular flexibility index (Phi) is 3.76. The van der Waals surface area contributed by atoms with E-state index in [9.17, 15) is 4.79 Å². The fourth-order valence-electron chi connectivity index (χ4n) is 2.52. The lowest BCUT2D eigenvalue weighted by molar-refractivity contribution is -0.123. The van der Waals surface area contributed by atoms with E-state index in [0.717, 1.165) is 18.8 Å². The molecule has 1 rings (SSSR count). The van der Waals surface area contributed by atoms with Gasteiger partial charge in [-0.3, -0.25) is 4.79 Å². The lowest BCUT2D eigenvalue weighted by Gasteiger charge is -2.32. The van der Waals surface area contributed by atoms with Crippen LogP contribution >= 0.6 is 0 Å². The average Bonchev–Trinajstić information content (AvgIpc) is 2.08. The van der Waals surface area contributed by atoms with Crippen LogP contribution in [-0.4, -0.2) is 5.91 Å². The fourth-order valence-corrected chi connectivity index (χ4v) is 2.52. The first-order chi connectivity index (χ1) is 6.15. The second kappa shape index (κ2) is 4.64. The second-order valence-electron chi connectivity index (χ2n) is 4.44. The van der Waals surface area contributed by atoms with E-state index in [1.807, 2.05) is 0 Å². The maximum atomic E-state index is 11.0. The molecule has 3 atom stereocenters. The lowest BCUT2D eigenvalue weighted by Crippen LogP contribution is -2.31. The Hall–Kier alpha value is -0.530. The van der Waals surface area contributed by atoms with Crippen LogP contribution in [0.25, 0.3) is 0 Å². The standard InChI is InChI=1S/C11H21NO/c1-3-4-9-5-6-10(11(12)13)7-8(9)2/h8-10H,3-7H2,1-2H3,(H2,12,13)/t8?,9?,10-/m0/s1. The molecule has 0 aromatic carbocycles. The molecular formula is C11H21NO. The monoisotopic (exact) mass is 183 g/mol. The molecule has 1 aliphatic rings. The summed E-state index contributed by atoms with van der Waals surface area (Å²) in [5.74, 6) is 1.58. The zero-order valence-corrected chi connectivity index (χ0v) is 8.75. The Balaban J connectivity index is 2.41. The quantitative estimate of drug-likeness (QED) is 0.717. The van der Waals surface area contributed by atoms with E-state index in [1.165, 1.54) is 19.3 Å². The number of amides is 1. The molecule has 76 valence electrons. The molecule has 0 aromatic heterocycles. The van der Waals surface area contributed by atoms with Crippen molar-refractivity contribution in [1.82, 2.24) is 0 Å². The van der Waals surface area contributed by atoms with Gasteiger partial charge in [0.25, 0.3) is 0 Å². The van der Waals surface area contributed by atoms with E-state index in [1.54, 1.807) is 0 Å². The molecule has 0 heterocycles. The summed E-state index contributed by atoms with van der Waals surface area (Å²) in [6.45, 7) is 4.49. The fraction of sp³-hybridized carbons (Fsp3) is 0.909. The zero-order valence-electron chi connectivity index (χ0n) is 8.75. The summed E-state index contributed by atoms with van der Waals surface area (Å²) in [6.07, 6.45) is 5.80. The van der Waals surface area contributed by atoms with E-state index in [0.29, 0.717) is 5.92 Å². The van der Waals surface area contributed by atoms with E-state index in [4.69, 9.17) is 5.73 Å². The van der Waals surface area contributed by atoms with Crippen molar-refractivity contribution in [2.45, 2.75) is 46.0 Å². The minimum atomic E-state index is -0.0956. The Bertz CT molecular complexity index is 179. The third-order valence-corrected chi connectivity index (χ3v) is 3.41. The molecule has 0 spiro atoms. The van der Waals surface area contributed by atoms with Gasteiger partial charge >= 0.3 is 0 Å². The molecule has 2 nitrogen and oxygen atoms in total. The number of hydrogen-bond donors (Lipinski definition) is 1. The number of rotatable bonds is 3. The largest absolute Gasteiger partial charge is 0.369 e. The smallest absolute Gasteiger partial charge is 0.220 e. The van der Waals surface area contributed by atoms with Gasteiger partial charge in [-0.05, 0) is 31.1 Å². The van der Waals surface area contributed by atoms with Crippen molar-refractivity contribution >= 4 is 5.91 Å². The van der Waals surface area contributed by atoms with Gasteiger partial charge in [0.1, 0.15) is 0 Å². The van der Waals surface area contributed by atoms with Crippen LogP contribution in [0.1, 0.15) is 46.0 Å². The summed E-state index contributed by atoms with van der Waals surface area (Å²) < 4.78 is 0. The van der Waals surface area contributed by atoms with Crippen LogP contribution < -0.4 is 5.73 Å². The molecule has 1 aliphatic carbocycles. The van der Waals surface area contributed by atoms with Crippen molar-refractivity contribution in [3.63, 3.8) is 0 Å². The van der Waals surface area contributed by atoms with Gasteiger partial charge in [0.2, 0.25) is 5.91 Å². The molecule has 1 saturated carbocycles. The molecular weight excluding hydrogens is 162 g/mol. The number of nitrogens with two attached hydrogens (primary N) is 1. The minimum absolute atomic E-state index is 0.0956. The van der Waals surface area contributed by atoms with Gasteiger partial charge in [-0.1, -0.05) is 26.7 Å². The van der Waals surface area contributed by atoms with Crippen LogP contribution in [0.5, 0.6) is 0 Å². The summed E-state index contributed by atoms with van der Waals surface area (Å²) in [6, 6.07) is 0. The molecule has 0 radical (unpaired) electrons. The van der Waals surface area contributed by atoms with Crippen LogP contribution in [0.2, 0.25) is 0 Å². The lowest BCUT2D eigenvalue weighted by atomic mass is 9.73. The van der Waals surface area contributed by atoms with Crippen molar-refractivity contribution < 1.29 is 4.79 Å². The second-order valence-corrected chi connectivity index (χ2v) is 4.44. The van der Waals surface area contributed by atoms with Crippen molar-refractivity contribution in [3.8, 4) is 0 Å². The maximum absolute atomic E-state index is 11.0. The van der Waals surface area contributed by atoms with Crippen molar-refractivity contribution in [2.24, 2.45) is 23.5 Å². The molecule has 0 aromatic rings. The van der Waals surface area contributed by atoms with Gasteiger partial charge in [-0.25, -0.2) is 0 Å². The molecule has 0 bridgehead atoms. The van der Waals surface area contributed by atoms with E-state index >= 15 is 0 Å². The highest BCUT2D eigenvalue weighted by molar-refractivity contribution is 5.76. The Morgan fingerprint density at radius 3 is 2.62 bits per heavy atom. The maximum Gasteiger partial charge on any atom is 0.220 e. The van der Waals surface area contributed by atoms with Gasteiger partial charge < -0.3 is 5.73 Å². The Morgan fingerprint density at radius 2 is 2.15 bits per heavy atom. The van der Waals surface area contributed by atoms with Gasteiger partial charge in [-0.15, -0.1) is 0 Å². The molecule has 2 heteroatoms. The predicted molar refractivity (Wildman–Crippen MR) is 54.1 cm³/mol. The molecule has 1 amide bonds. The number of carbonyl (C=O) groups is 1. The van der Waals surface area contributed by atoms with Gasteiger partial charge in [0, 0.05) is 5.92 Å². The summed E-state index contributed by atoms with van der Waals surface area (Å²) >= 11 is 0. The summed E-state index contributed by atoms with van der Waals surface area (Å²) in [5.41, 5.74) is 5.31. The molecule has 13 heavy (non-hydrogen) atoms.